The van der Waals surface area contributed by atoms with Gasteiger partial charge >= 0.3 is 0 Å². The molecule has 0 aromatic rings. The Bertz CT molecular complexity index is 297. The molecule has 2 aliphatic carbocycles. The number of hydrogen-bond acceptors (Lipinski definition) is 2. The SMILES string of the molecule is CCCCCC1CCC(C2CCC(CCC(CO)CO)CC2)CC1. The van der Waals surface area contributed by atoms with Crippen molar-refractivity contribution in [3.05, 3.63) is 0 Å². The normalized spacial score (nSPS) is 31.5. The van der Waals surface area contributed by atoms with Crippen LogP contribution in [0.25, 0.3) is 0 Å². The van der Waals surface area contributed by atoms with Gasteiger partial charge < -0.3 is 10.2 Å². The fraction of sp³-hybridized carbons (Fsp3) is 1.00. The van der Waals surface area contributed by atoms with Crippen LogP contribution in [0.4, 0.5) is 0 Å². The topological polar surface area (TPSA) is 40.5 Å². The average molecular weight is 339 g/mol. The van der Waals surface area contributed by atoms with Crippen LogP contribution in [0.3, 0.4) is 0 Å². The first-order chi connectivity index (χ1) is 11.8. The molecule has 2 nitrogen and oxygen atoms in total. The first kappa shape index (κ1) is 20.2. The third-order valence-corrected chi connectivity index (χ3v) is 7.16. The molecule has 0 heterocycles. The molecule has 0 aromatic carbocycles. The number of rotatable bonds is 10. The summed E-state index contributed by atoms with van der Waals surface area (Å²) in [6, 6.07) is 0. The largest absolute Gasteiger partial charge is 0.396 e. The van der Waals surface area contributed by atoms with Crippen molar-refractivity contribution >= 4 is 0 Å². The van der Waals surface area contributed by atoms with E-state index in [0.717, 1.165) is 30.1 Å². The maximum absolute atomic E-state index is 9.20. The van der Waals surface area contributed by atoms with Gasteiger partial charge in [0.2, 0.25) is 0 Å². The standard InChI is InChI=1S/C22H42O2/c1-2-3-4-5-18-8-12-21(13-9-18)22-14-10-19(11-15-22)6-7-20(16-23)17-24/h18-24H,2-17H2,1H3. The Morgan fingerprint density at radius 2 is 1.21 bits per heavy atom. The molecule has 0 bridgehead atoms. The van der Waals surface area contributed by atoms with Gasteiger partial charge in [0.05, 0.1) is 0 Å². The van der Waals surface area contributed by atoms with Gasteiger partial charge in [0.1, 0.15) is 0 Å². The third kappa shape index (κ3) is 6.67. The van der Waals surface area contributed by atoms with E-state index in [0.29, 0.717) is 0 Å². The lowest BCUT2D eigenvalue weighted by Crippen LogP contribution is -2.26. The molecule has 2 heteroatoms. The molecule has 142 valence electrons. The molecule has 0 radical (unpaired) electrons. The van der Waals surface area contributed by atoms with Gasteiger partial charge in [-0.1, -0.05) is 64.7 Å². The van der Waals surface area contributed by atoms with Crippen molar-refractivity contribution < 1.29 is 10.2 Å². The summed E-state index contributed by atoms with van der Waals surface area (Å²) in [6.07, 6.45) is 19.6. The van der Waals surface area contributed by atoms with Gasteiger partial charge in [-0.25, -0.2) is 0 Å². The van der Waals surface area contributed by atoms with Crippen molar-refractivity contribution in [3.8, 4) is 0 Å². The summed E-state index contributed by atoms with van der Waals surface area (Å²) in [5, 5.41) is 18.4. The van der Waals surface area contributed by atoms with Gasteiger partial charge in [-0.2, -0.15) is 0 Å². The first-order valence-electron chi connectivity index (χ1n) is 11.0. The Balaban J connectivity index is 1.59. The van der Waals surface area contributed by atoms with Crippen LogP contribution < -0.4 is 0 Å². The molecule has 0 aromatic heterocycles. The van der Waals surface area contributed by atoms with Crippen molar-refractivity contribution in [1.29, 1.82) is 0 Å². The Hall–Kier alpha value is -0.0800. The Kier molecular flexibility index (Phi) is 9.71. The summed E-state index contributed by atoms with van der Waals surface area (Å²) in [4.78, 5) is 0. The maximum atomic E-state index is 9.20. The second-order valence-electron chi connectivity index (χ2n) is 8.87. The average Bonchev–Trinajstić information content (AvgIpc) is 2.64. The van der Waals surface area contributed by atoms with Crippen LogP contribution in [0.15, 0.2) is 0 Å². The summed E-state index contributed by atoms with van der Waals surface area (Å²) in [5.41, 5.74) is 0. The van der Waals surface area contributed by atoms with E-state index in [9.17, 15) is 10.2 Å². The van der Waals surface area contributed by atoms with Gasteiger partial charge in [0.15, 0.2) is 0 Å². The van der Waals surface area contributed by atoms with Crippen LogP contribution >= 0.6 is 0 Å². The van der Waals surface area contributed by atoms with Gasteiger partial charge in [-0.3, -0.25) is 0 Å². The Labute approximate surface area is 150 Å². The smallest absolute Gasteiger partial charge is 0.0481 e. The molecule has 0 amide bonds. The van der Waals surface area contributed by atoms with E-state index in [2.05, 4.69) is 6.92 Å². The molecule has 2 fully saturated rings. The number of unbranched alkanes of at least 4 members (excludes halogenated alkanes) is 2. The van der Waals surface area contributed by atoms with Crippen LogP contribution in [0.2, 0.25) is 0 Å². The zero-order valence-electron chi connectivity index (χ0n) is 16.1. The first-order valence-corrected chi connectivity index (χ1v) is 11.0. The molecule has 0 saturated heterocycles. The van der Waals surface area contributed by atoms with Gasteiger partial charge in [0, 0.05) is 19.1 Å². The molecule has 0 spiro atoms. The highest BCUT2D eigenvalue weighted by Crippen LogP contribution is 2.43. The van der Waals surface area contributed by atoms with Crippen LogP contribution in [0.5, 0.6) is 0 Å². The van der Waals surface area contributed by atoms with E-state index < -0.39 is 0 Å². The summed E-state index contributed by atoms with van der Waals surface area (Å²) >= 11 is 0. The molecule has 2 rings (SSSR count). The van der Waals surface area contributed by atoms with Gasteiger partial charge in [-0.15, -0.1) is 0 Å². The lowest BCUT2D eigenvalue weighted by atomic mass is 9.68. The minimum Gasteiger partial charge on any atom is -0.396 e. The molecule has 0 aliphatic heterocycles. The number of hydrogen-bond donors (Lipinski definition) is 2. The van der Waals surface area contributed by atoms with Crippen molar-refractivity contribution in [3.63, 3.8) is 0 Å². The van der Waals surface area contributed by atoms with E-state index in [-0.39, 0.29) is 19.1 Å². The summed E-state index contributed by atoms with van der Waals surface area (Å²) in [7, 11) is 0. The van der Waals surface area contributed by atoms with Crippen LogP contribution in [-0.2, 0) is 0 Å². The van der Waals surface area contributed by atoms with E-state index >= 15 is 0 Å². The van der Waals surface area contributed by atoms with Gasteiger partial charge in [-0.05, 0) is 55.8 Å². The zero-order valence-corrected chi connectivity index (χ0v) is 16.1. The van der Waals surface area contributed by atoms with E-state index in [1.807, 2.05) is 0 Å². The lowest BCUT2D eigenvalue weighted by molar-refractivity contribution is 0.119. The van der Waals surface area contributed by atoms with Crippen LogP contribution in [-0.4, -0.2) is 23.4 Å². The van der Waals surface area contributed by atoms with E-state index in [1.54, 1.807) is 0 Å². The Morgan fingerprint density at radius 1 is 0.708 bits per heavy atom. The fourth-order valence-electron chi connectivity index (χ4n) is 5.29. The third-order valence-electron chi connectivity index (χ3n) is 7.16. The number of aliphatic hydroxyl groups is 2. The van der Waals surface area contributed by atoms with Crippen molar-refractivity contribution in [1.82, 2.24) is 0 Å². The minimum atomic E-state index is 0.116. The maximum Gasteiger partial charge on any atom is 0.0481 e. The van der Waals surface area contributed by atoms with Crippen LogP contribution in [0.1, 0.15) is 96.8 Å². The van der Waals surface area contributed by atoms with Crippen molar-refractivity contribution in [2.45, 2.75) is 96.8 Å². The van der Waals surface area contributed by atoms with Crippen molar-refractivity contribution in [2.75, 3.05) is 13.2 Å². The van der Waals surface area contributed by atoms with Crippen LogP contribution in [0, 0.1) is 29.6 Å². The minimum absolute atomic E-state index is 0.116. The predicted molar refractivity (Wildman–Crippen MR) is 102 cm³/mol. The monoisotopic (exact) mass is 338 g/mol. The quantitative estimate of drug-likeness (QED) is 0.512. The summed E-state index contributed by atoms with van der Waals surface area (Å²) < 4.78 is 0. The highest BCUT2D eigenvalue weighted by atomic mass is 16.3. The number of aliphatic hydroxyl groups excluding tert-OH is 2. The molecule has 0 unspecified atom stereocenters. The summed E-state index contributed by atoms with van der Waals surface area (Å²) in [5.74, 6) is 4.04. The zero-order chi connectivity index (χ0) is 17.2. The van der Waals surface area contributed by atoms with Crippen molar-refractivity contribution in [2.24, 2.45) is 29.6 Å². The van der Waals surface area contributed by atoms with Gasteiger partial charge in [0.25, 0.3) is 0 Å². The van der Waals surface area contributed by atoms with E-state index in [1.165, 1.54) is 83.5 Å². The highest BCUT2D eigenvalue weighted by Gasteiger charge is 2.30. The second kappa shape index (κ2) is 11.5. The lowest BCUT2D eigenvalue weighted by Gasteiger charge is -2.38. The Morgan fingerprint density at radius 3 is 1.67 bits per heavy atom. The summed E-state index contributed by atoms with van der Waals surface area (Å²) in [6.45, 7) is 2.60. The second-order valence-corrected chi connectivity index (χ2v) is 8.87. The molecular weight excluding hydrogens is 296 g/mol. The molecule has 2 saturated carbocycles. The molecule has 2 N–H and O–H groups in total. The molecule has 2 aliphatic rings. The molecule has 0 atom stereocenters. The fourth-order valence-corrected chi connectivity index (χ4v) is 5.29. The highest BCUT2D eigenvalue weighted by molar-refractivity contribution is 4.82. The molecular formula is C22H42O2. The molecule has 24 heavy (non-hydrogen) atoms. The van der Waals surface area contributed by atoms with E-state index in [4.69, 9.17) is 0 Å². The predicted octanol–water partition coefficient (Wildman–Crippen LogP) is 5.56.